The first-order chi connectivity index (χ1) is 9.58. The molecule has 2 rings (SSSR count). The molecule has 0 saturated heterocycles. The Morgan fingerprint density at radius 3 is 2.75 bits per heavy atom. The van der Waals surface area contributed by atoms with Crippen LogP contribution in [0.1, 0.15) is 11.1 Å². The van der Waals surface area contributed by atoms with Crippen LogP contribution in [0.25, 0.3) is 0 Å². The van der Waals surface area contributed by atoms with Crippen molar-refractivity contribution in [3.8, 4) is 5.88 Å². The molecule has 0 atom stereocenters. The molecule has 0 saturated carbocycles. The van der Waals surface area contributed by atoms with Gasteiger partial charge in [0.25, 0.3) is 0 Å². The molecule has 3 nitrogen and oxygen atoms in total. The highest BCUT2D eigenvalue weighted by atomic mass is 79.9. The lowest BCUT2D eigenvalue weighted by Gasteiger charge is -2.05. The zero-order valence-corrected chi connectivity index (χ0v) is 12.5. The molecule has 5 heteroatoms. The highest BCUT2D eigenvalue weighted by molar-refractivity contribution is 9.10. The minimum atomic E-state index is -0.366. The number of halogens is 2. The number of ketones is 1. The molecule has 1 heterocycles. The first-order valence-corrected chi connectivity index (χ1v) is 6.82. The average Bonchev–Trinajstić information content (AvgIpc) is 2.43. The number of benzene rings is 1. The van der Waals surface area contributed by atoms with Crippen LogP contribution in [-0.2, 0) is 17.6 Å². The standard InChI is InChI=1S/C15H13BrFNO2/c1-20-15-5-2-10(9-18-15)6-13(19)8-11-7-12(16)3-4-14(11)17/h2-5,7,9H,6,8H2,1H3. The molecule has 1 aromatic carbocycles. The van der Waals surface area contributed by atoms with E-state index in [1.807, 2.05) is 0 Å². The Labute approximate surface area is 124 Å². The van der Waals surface area contributed by atoms with Crippen LogP contribution >= 0.6 is 15.9 Å². The molecule has 0 radical (unpaired) electrons. The number of rotatable bonds is 5. The monoisotopic (exact) mass is 337 g/mol. The number of Topliss-reactive ketones (excluding diaryl/α,β-unsaturated/α-hetero) is 1. The largest absolute Gasteiger partial charge is 0.481 e. The molecule has 0 spiro atoms. The van der Waals surface area contributed by atoms with Gasteiger partial charge in [0.2, 0.25) is 5.88 Å². The van der Waals surface area contributed by atoms with E-state index in [4.69, 9.17) is 4.74 Å². The van der Waals surface area contributed by atoms with Gasteiger partial charge < -0.3 is 4.74 Å². The van der Waals surface area contributed by atoms with Crippen molar-refractivity contribution in [1.82, 2.24) is 4.98 Å². The van der Waals surface area contributed by atoms with Gasteiger partial charge in [-0.25, -0.2) is 9.37 Å². The fraction of sp³-hybridized carbons (Fsp3) is 0.200. The van der Waals surface area contributed by atoms with Crippen LogP contribution < -0.4 is 4.74 Å². The molecule has 0 bridgehead atoms. The van der Waals surface area contributed by atoms with Crippen molar-refractivity contribution in [2.45, 2.75) is 12.8 Å². The predicted octanol–water partition coefficient (Wildman–Crippen LogP) is 3.35. The van der Waals surface area contributed by atoms with Crippen LogP contribution in [-0.4, -0.2) is 17.9 Å². The summed E-state index contributed by atoms with van der Waals surface area (Å²) in [5, 5.41) is 0. The highest BCUT2D eigenvalue weighted by Gasteiger charge is 2.10. The molecule has 0 fully saturated rings. The second-order valence-corrected chi connectivity index (χ2v) is 5.25. The zero-order chi connectivity index (χ0) is 14.5. The van der Waals surface area contributed by atoms with Crippen LogP contribution in [0.2, 0.25) is 0 Å². The molecule has 0 unspecified atom stereocenters. The summed E-state index contributed by atoms with van der Waals surface area (Å²) in [4.78, 5) is 16.0. The van der Waals surface area contributed by atoms with Gasteiger partial charge in [0, 0.05) is 29.6 Å². The van der Waals surface area contributed by atoms with Crippen molar-refractivity contribution in [3.05, 3.63) is 57.9 Å². The molecule has 20 heavy (non-hydrogen) atoms. The van der Waals surface area contributed by atoms with E-state index in [0.717, 1.165) is 10.0 Å². The second-order valence-electron chi connectivity index (χ2n) is 4.34. The minimum Gasteiger partial charge on any atom is -0.481 e. The molecule has 1 aromatic heterocycles. The Hall–Kier alpha value is -1.75. The fourth-order valence-corrected chi connectivity index (χ4v) is 2.23. The molecule has 0 amide bonds. The number of carbonyl (C=O) groups is 1. The van der Waals surface area contributed by atoms with E-state index >= 15 is 0 Å². The van der Waals surface area contributed by atoms with Gasteiger partial charge in [0.05, 0.1) is 7.11 Å². The number of nitrogens with zero attached hydrogens (tertiary/aromatic N) is 1. The topological polar surface area (TPSA) is 39.2 Å². The summed E-state index contributed by atoms with van der Waals surface area (Å²) in [5.41, 5.74) is 1.18. The number of pyridine rings is 1. The minimum absolute atomic E-state index is 0.0611. The highest BCUT2D eigenvalue weighted by Crippen LogP contribution is 2.17. The third kappa shape index (κ3) is 3.87. The molecular weight excluding hydrogens is 325 g/mol. The van der Waals surface area contributed by atoms with Gasteiger partial charge >= 0.3 is 0 Å². The normalized spacial score (nSPS) is 10.3. The summed E-state index contributed by atoms with van der Waals surface area (Å²) in [6.07, 6.45) is 1.88. The number of hydrogen-bond acceptors (Lipinski definition) is 3. The van der Waals surface area contributed by atoms with Gasteiger partial charge in [-0.1, -0.05) is 22.0 Å². The quantitative estimate of drug-likeness (QED) is 0.839. The zero-order valence-electron chi connectivity index (χ0n) is 10.9. The maximum Gasteiger partial charge on any atom is 0.212 e. The van der Waals surface area contributed by atoms with Crippen LogP contribution in [0, 0.1) is 5.82 Å². The van der Waals surface area contributed by atoms with Crippen molar-refractivity contribution < 1.29 is 13.9 Å². The maximum absolute atomic E-state index is 13.6. The summed E-state index contributed by atoms with van der Waals surface area (Å²) in [6, 6.07) is 8.06. The number of methoxy groups -OCH3 is 1. The van der Waals surface area contributed by atoms with Gasteiger partial charge in [0.15, 0.2) is 0 Å². The molecule has 0 aliphatic carbocycles. The van der Waals surface area contributed by atoms with E-state index in [1.165, 1.54) is 13.2 Å². The Morgan fingerprint density at radius 2 is 2.10 bits per heavy atom. The van der Waals surface area contributed by atoms with E-state index in [0.29, 0.717) is 11.4 Å². The van der Waals surface area contributed by atoms with E-state index in [2.05, 4.69) is 20.9 Å². The Morgan fingerprint density at radius 1 is 1.30 bits per heavy atom. The van der Waals surface area contributed by atoms with E-state index in [1.54, 1.807) is 30.5 Å². The Bertz CT molecular complexity index is 614. The average molecular weight is 338 g/mol. The van der Waals surface area contributed by atoms with Gasteiger partial charge in [0.1, 0.15) is 11.6 Å². The third-order valence-corrected chi connectivity index (χ3v) is 3.30. The molecular formula is C15H13BrFNO2. The van der Waals surface area contributed by atoms with E-state index in [-0.39, 0.29) is 24.4 Å². The summed E-state index contributed by atoms with van der Waals surface area (Å²) in [6.45, 7) is 0. The summed E-state index contributed by atoms with van der Waals surface area (Å²) >= 11 is 3.27. The number of hydrogen-bond donors (Lipinski definition) is 0. The molecule has 2 aromatic rings. The van der Waals surface area contributed by atoms with Crippen molar-refractivity contribution in [1.29, 1.82) is 0 Å². The van der Waals surface area contributed by atoms with Crippen LogP contribution in [0.3, 0.4) is 0 Å². The Balaban J connectivity index is 2.03. The lowest BCUT2D eigenvalue weighted by Crippen LogP contribution is -2.08. The van der Waals surface area contributed by atoms with Crippen molar-refractivity contribution in [2.24, 2.45) is 0 Å². The smallest absolute Gasteiger partial charge is 0.212 e. The van der Waals surface area contributed by atoms with Crippen LogP contribution in [0.5, 0.6) is 5.88 Å². The summed E-state index contributed by atoms with van der Waals surface area (Å²) < 4.78 is 19.3. The van der Waals surface area contributed by atoms with Crippen molar-refractivity contribution in [2.75, 3.05) is 7.11 Å². The molecule has 0 aliphatic heterocycles. The van der Waals surface area contributed by atoms with E-state index < -0.39 is 0 Å². The van der Waals surface area contributed by atoms with Crippen LogP contribution in [0.15, 0.2) is 41.0 Å². The predicted molar refractivity (Wildman–Crippen MR) is 77.3 cm³/mol. The first-order valence-electron chi connectivity index (χ1n) is 6.03. The number of carbonyl (C=O) groups excluding carboxylic acids is 1. The lowest BCUT2D eigenvalue weighted by molar-refractivity contribution is -0.117. The lowest BCUT2D eigenvalue weighted by atomic mass is 10.0. The van der Waals surface area contributed by atoms with Crippen LogP contribution in [0.4, 0.5) is 4.39 Å². The first kappa shape index (κ1) is 14.7. The second kappa shape index (κ2) is 6.61. The van der Waals surface area contributed by atoms with E-state index in [9.17, 15) is 9.18 Å². The van der Waals surface area contributed by atoms with Crippen molar-refractivity contribution in [3.63, 3.8) is 0 Å². The molecule has 104 valence electrons. The number of aromatic nitrogens is 1. The van der Waals surface area contributed by atoms with Gasteiger partial charge in [-0.2, -0.15) is 0 Å². The fourth-order valence-electron chi connectivity index (χ4n) is 1.82. The maximum atomic E-state index is 13.6. The van der Waals surface area contributed by atoms with Gasteiger partial charge in [-0.3, -0.25) is 4.79 Å². The number of ether oxygens (including phenoxy) is 1. The van der Waals surface area contributed by atoms with Gasteiger partial charge in [-0.15, -0.1) is 0 Å². The summed E-state index contributed by atoms with van der Waals surface area (Å²) in [7, 11) is 1.53. The molecule has 0 aliphatic rings. The summed E-state index contributed by atoms with van der Waals surface area (Å²) in [5.74, 6) is 0.0719. The Kier molecular flexibility index (Phi) is 4.84. The third-order valence-electron chi connectivity index (χ3n) is 2.80. The van der Waals surface area contributed by atoms with Crippen molar-refractivity contribution >= 4 is 21.7 Å². The molecule has 0 N–H and O–H groups in total. The SMILES string of the molecule is COc1ccc(CC(=O)Cc2cc(Br)ccc2F)cn1. The van der Waals surface area contributed by atoms with Gasteiger partial charge in [-0.05, 0) is 29.3 Å².